The number of halogens is 1. The van der Waals surface area contributed by atoms with Crippen molar-refractivity contribution in [2.24, 2.45) is 0 Å². The van der Waals surface area contributed by atoms with Crippen molar-refractivity contribution >= 4 is 21.9 Å². The summed E-state index contributed by atoms with van der Waals surface area (Å²) in [4.78, 5) is 22.5. The van der Waals surface area contributed by atoms with Gasteiger partial charge in [0, 0.05) is 6.07 Å². The number of rotatable bonds is 2. The molecule has 4 nitrogen and oxygen atoms in total. The molecular weight excluding hydrogens is 250 g/mol. The average molecular weight is 258 g/mol. The van der Waals surface area contributed by atoms with Crippen LogP contribution in [0.1, 0.15) is 12.8 Å². The molecule has 2 rings (SSSR count). The zero-order valence-corrected chi connectivity index (χ0v) is 8.82. The summed E-state index contributed by atoms with van der Waals surface area (Å²) in [6.45, 7) is 0. The third-order valence-electron chi connectivity index (χ3n) is 2.46. The molecule has 0 atom stereocenters. The van der Waals surface area contributed by atoms with Gasteiger partial charge in [-0.25, -0.2) is 4.79 Å². The second-order valence-electron chi connectivity index (χ2n) is 3.36. The Morgan fingerprint density at radius 3 is 2.57 bits per heavy atom. The van der Waals surface area contributed by atoms with Crippen molar-refractivity contribution in [3.05, 3.63) is 33.2 Å². The van der Waals surface area contributed by atoms with Crippen molar-refractivity contribution in [1.82, 2.24) is 4.57 Å². The van der Waals surface area contributed by atoms with Gasteiger partial charge in [-0.2, -0.15) is 0 Å². The maximum atomic E-state index is 11.5. The number of hydrogen-bond donors (Lipinski definition) is 1. The Bertz CT molecular complexity index is 448. The molecule has 74 valence electrons. The fourth-order valence-corrected chi connectivity index (χ4v) is 2.20. The number of aromatic nitrogens is 1. The Morgan fingerprint density at radius 1 is 1.50 bits per heavy atom. The third-order valence-corrected chi connectivity index (χ3v) is 3.08. The predicted molar refractivity (Wildman–Crippen MR) is 53.2 cm³/mol. The van der Waals surface area contributed by atoms with Gasteiger partial charge in [-0.15, -0.1) is 0 Å². The molecule has 1 aromatic rings. The monoisotopic (exact) mass is 257 g/mol. The molecule has 14 heavy (non-hydrogen) atoms. The van der Waals surface area contributed by atoms with Crippen LogP contribution in [0.5, 0.6) is 0 Å². The van der Waals surface area contributed by atoms with E-state index in [2.05, 4.69) is 15.9 Å². The summed E-state index contributed by atoms with van der Waals surface area (Å²) in [6, 6.07) is 4.64. The highest BCUT2D eigenvalue weighted by atomic mass is 79.9. The maximum Gasteiger partial charge on any atom is 0.330 e. The second-order valence-corrected chi connectivity index (χ2v) is 4.17. The number of hydrogen-bond acceptors (Lipinski definition) is 2. The largest absolute Gasteiger partial charge is 0.479 e. The molecule has 5 heteroatoms. The molecular formula is C9H8BrNO3. The average Bonchev–Trinajstić information content (AvgIpc) is 2.85. The van der Waals surface area contributed by atoms with Gasteiger partial charge in [0.1, 0.15) is 5.54 Å². The number of nitrogens with zero attached hydrogens (tertiary/aromatic N) is 1. The van der Waals surface area contributed by atoms with E-state index in [4.69, 9.17) is 5.11 Å². The van der Waals surface area contributed by atoms with E-state index >= 15 is 0 Å². The Morgan fingerprint density at radius 2 is 2.14 bits per heavy atom. The lowest BCUT2D eigenvalue weighted by atomic mass is 10.2. The van der Waals surface area contributed by atoms with Crippen molar-refractivity contribution in [2.75, 3.05) is 0 Å². The van der Waals surface area contributed by atoms with Gasteiger partial charge in [-0.3, -0.25) is 9.36 Å². The van der Waals surface area contributed by atoms with E-state index in [0.717, 1.165) is 0 Å². The molecule has 1 N–H and O–H groups in total. The van der Waals surface area contributed by atoms with Gasteiger partial charge >= 0.3 is 5.97 Å². The van der Waals surface area contributed by atoms with Gasteiger partial charge in [0.05, 0.1) is 4.60 Å². The SMILES string of the molecule is O=C(O)C1(n2c(Br)cccc2=O)CC1. The summed E-state index contributed by atoms with van der Waals surface area (Å²) in [7, 11) is 0. The van der Waals surface area contributed by atoms with Crippen LogP contribution in [0.25, 0.3) is 0 Å². The Hall–Kier alpha value is -1.10. The molecule has 0 unspecified atom stereocenters. The molecule has 1 saturated carbocycles. The molecule has 1 aliphatic carbocycles. The van der Waals surface area contributed by atoms with Crippen LogP contribution in [0.4, 0.5) is 0 Å². The molecule has 0 saturated heterocycles. The smallest absolute Gasteiger partial charge is 0.330 e. The first kappa shape index (κ1) is 9.45. The van der Waals surface area contributed by atoms with Gasteiger partial charge in [0.25, 0.3) is 5.56 Å². The van der Waals surface area contributed by atoms with Gasteiger partial charge < -0.3 is 5.11 Å². The van der Waals surface area contributed by atoms with Crippen LogP contribution in [0.3, 0.4) is 0 Å². The number of aliphatic carboxylic acids is 1. The maximum absolute atomic E-state index is 11.5. The summed E-state index contributed by atoms with van der Waals surface area (Å²) >= 11 is 3.19. The number of pyridine rings is 1. The topological polar surface area (TPSA) is 59.3 Å². The minimum atomic E-state index is -1.00. The van der Waals surface area contributed by atoms with Crippen LogP contribution < -0.4 is 5.56 Å². The van der Waals surface area contributed by atoms with E-state index in [1.807, 2.05) is 0 Å². The van der Waals surface area contributed by atoms with Gasteiger partial charge in [-0.1, -0.05) is 6.07 Å². The zero-order chi connectivity index (χ0) is 10.3. The van der Waals surface area contributed by atoms with Crippen LogP contribution in [0, 0.1) is 0 Å². The first-order chi connectivity index (χ1) is 6.58. The molecule has 1 fully saturated rings. The van der Waals surface area contributed by atoms with E-state index in [1.165, 1.54) is 10.6 Å². The fourth-order valence-electron chi connectivity index (χ4n) is 1.53. The van der Waals surface area contributed by atoms with Crippen LogP contribution in [-0.2, 0) is 10.3 Å². The first-order valence-corrected chi connectivity index (χ1v) is 4.99. The highest BCUT2D eigenvalue weighted by molar-refractivity contribution is 9.10. The zero-order valence-electron chi connectivity index (χ0n) is 7.24. The molecule has 1 aliphatic rings. The summed E-state index contributed by atoms with van der Waals surface area (Å²) in [5, 5.41) is 9.03. The van der Waals surface area contributed by atoms with Gasteiger partial charge in [0.2, 0.25) is 0 Å². The minimum absolute atomic E-state index is 0.278. The van der Waals surface area contributed by atoms with E-state index in [1.54, 1.807) is 12.1 Å². The van der Waals surface area contributed by atoms with E-state index in [9.17, 15) is 9.59 Å². The third kappa shape index (κ3) is 1.19. The Kier molecular flexibility index (Phi) is 1.99. The summed E-state index contributed by atoms with van der Waals surface area (Å²) in [5.74, 6) is -0.938. The second kappa shape index (κ2) is 2.95. The van der Waals surface area contributed by atoms with Crippen LogP contribution in [0.2, 0.25) is 0 Å². The van der Waals surface area contributed by atoms with Crippen molar-refractivity contribution in [2.45, 2.75) is 18.4 Å². The number of carbonyl (C=O) groups is 1. The van der Waals surface area contributed by atoms with Gasteiger partial charge in [0.15, 0.2) is 0 Å². The quantitative estimate of drug-likeness (QED) is 0.810. The highest BCUT2D eigenvalue weighted by Crippen LogP contribution is 2.44. The van der Waals surface area contributed by atoms with Crippen LogP contribution in [-0.4, -0.2) is 15.6 Å². The van der Waals surface area contributed by atoms with Crippen LogP contribution >= 0.6 is 15.9 Å². The van der Waals surface area contributed by atoms with Crippen molar-refractivity contribution in [1.29, 1.82) is 0 Å². The minimum Gasteiger partial charge on any atom is -0.479 e. The van der Waals surface area contributed by atoms with E-state index in [-0.39, 0.29) is 5.56 Å². The van der Waals surface area contributed by atoms with E-state index in [0.29, 0.717) is 17.4 Å². The lowest BCUT2D eigenvalue weighted by Gasteiger charge is -2.15. The Labute approximate surface area is 88.3 Å². The molecule has 0 radical (unpaired) electrons. The Balaban J connectivity index is 2.63. The number of carboxylic acid groups (broad SMARTS) is 1. The summed E-state index contributed by atoms with van der Waals surface area (Å²) in [5.41, 5.74) is -1.28. The van der Waals surface area contributed by atoms with Crippen LogP contribution in [0.15, 0.2) is 27.6 Å². The number of carboxylic acids is 1. The molecule has 0 aromatic carbocycles. The fraction of sp³-hybridized carbons (Fsp3) is 0.333. The van der Waals surface area contributed by atoms with Gasteiger partial charge in [-0.05, 0) is 34.8 Å². The molecule has 0 spiro atoms. The van der Waals surface area contributed by atoms with E-state index < -0.39 is 11.5 Å². The predicted octanol–water partition coefficient (Wildman–Crippen LogP) is 1.18. The van der Waals surface area contributed by atoms with Crippen molar-refractivity contribution in [3.63, 3.8) is 0 Å². The molecule has 1 heterocycles. The summed E-state index contributed by atoms with van der Waals surface area (Å²) < 4.78 is 1.82. The molecule has 0 bridgehead atoms. The standard InChI is InChI=1S/C9H8BrNO3/c10-6-2-1-3-7(12)11(6)9(4-5-9)8(13)14/h1-3H,4-5H2,(H,13,14). The molecule has 0 aliphatic heterocycles. The lowest BCUT2D eigenvalue weighted by Crippen LogP contribution is -2.36. The van der Waals surface area contributed by atoms with Crippen molar-refractivity contribution in [3.8, 4) is 0 Å². The lowest BCUT2D eigenvalue weighted by molar-refractivity contribution is -0.142. The summed E-state index contributed by atoms with van der Waals surface area (Å²) in [6.07, 6.45) is 1.04. The van der Waals surface area contributed by atoms with Crippen molar-refractivity contribution < 1.29 is 9.90 Å². The first-order valence-electron chi connectivity index (χ1n) is 4.19. The normalized spacial score (nSPS) is 17.8. The molecule has 1 aromatic heterocycles. The molecule has 0 amide bonds. The highest BCUT2D eigenvalue weighted by Gasteiger charge is 2.53.